The molecule has 0 spiro atoms. The highest BCUT2D eigenvalue weighted by molar-refractivity contribution is 6.38. The van der Waals surface area contributed by atoms with E-state index >= 15 is 0 Å². The first-order valence-corrected chi connectivity index (χ1v) is 9.60. The Kier molecular flexibility index (Phi) is 5.53. The zero-order valence-corrected chi connectivity index (χ0v) is 16.4. The van der Waals surface area contributed by atoms with Crippen molar-refractivity contribution in [3.63, 3.8) is 0 Å². The number of rotatable bonds is 7. The minimum Gasteiger partial charge on any atom is -0.363 e. The smallest absolute Gasteiger partial charge is 0.287 e. The van der Waals surface area contributed by atoms with Crippen LogP contribution in [0.4, 0.5) is 0 Å². The van der Waals surface area contributed by atoms with Gasteiger partial charge in [-0.1, -0.05) is 48.5 Å². The van der Waals surface area contributed by atoms with E-state index < -0.39 is 23.6 Å². The van der Waals surface area contributed by atoms with Crippen molar-refractivity contribution in [1.82, 2.24) is 20.1 Å². The van der Waals surface area contributed by atoms with E-state index in [9.17, 15) is 14.4 Å². The predicted octanol–water partition coefficient (Wildman–Crippen LogP) is 1.82. The lowest BCUT2D eigenvalue weighted by Gasteiger charge is -2.17. The van der Waals surface area contributed by atoms with Crippen LogP contribution in [0.3, 0.4) is 0 Å². The second-order valence-electron chi connectivity index (χ2n) is 6.96. The molecule has 0 aliphatic rings. The minimum atomic E-state index is -1.11. The van der Waals surface area contributed by atoms with Crippen LogP contribution in [0.15, 0.2) is 79.1 Å². The molecule has 2 heterocycles. The molecule has 1 unspecified atom stereocenters. The molecule has 31 heavy (non-hydrogen) atoms. The molecule has 0 saturated carbocycles. The molecule has 0 radical (unpaired) electrons. The third kappa shape index (κ3) is 4.32. The molecule has 154 valence electrons. The van der Waals surface area contributed by atoms with E-state index in [-0.39, 0.29) is 12.1 Å². The lowest BCUT2D eigenvalue weighted by molar-refractivity contribution is -0.137. The third-order valence-corrected chi connectivity index (χ3v) is 4.86. The van der Waals surface area contributed by atoms with E-state index in [2.05, 4.69) is 15.4 Å². The highest BCUT2D eigenvalue weighted by Gasteiger charge is 2.27. The fourth-order valence-electron chi connectivity index (χ4n) is 3.35. The Hall–Kier alpha value is -4.33. The van der Waals surface area contributed by atoms with Crippen LogP contribution in [0, 0.1) is 0 Å². The summed E-state index contributed by atoms with van der Waals surface area (Å²) >= 11 is 0. The largest absolute Gasteiger partial charge is 0.363 e. The standard InChI is InChI=1S/C23H19N5O3/c24-22(30)21(29)18(14-15-8-9-16-5-1-2-6-17(16)13-15)27-23(31)19-10-12-26-28(19)20-7-3-4-11-25-20/h1-13,18H,14H2,(H2,24,30)(H,27,31). The predicted molar refractivity (Wildman–Crippen MR) is 114 cm³/mol. The van der Waals surface area contributed by atoms with Crippen LogP contribution in [0.5, 0.6) is 0 Å². The van der Waals surface area contributed by atoms with Crippen LogP contribution in [-0.2, 0) is 16.0 Å². The number of nitrogens with zero attached hydrogens (tertiary/aromatic N) is 3. The number of pyridine rings is 1. The van der Waals surface area contributed by atoms with Crippen molar-refractivity contribution in [3.8, 4) is 5.82 Å². The van der Waals surface area contributed by atoms with E-state index in [4.69, 9.17) is 5.73 Å². The van der Waals surface area contributed by atoms with Gasteiger partial charge in [0.25, 0.3) is 11.8 Å². The van der Waals surface area contributed by atoms with Gasteiger partial charge in [-0.2, -0.15) is 5.10 Å². The average Bonchev–Trinajstić information content (AvgIpc) is 3.29. The van der Waals surface area contributed by atoms with E-state index in [1.54, 1.807) is 24.4 Å². The Morgan fingerprint density at radius 2 is 1.71 bits per heavy atom. The van der Waals surface area contributed by atoms with E-state index in [0.717, 1.165) is 16.3 Å². The Bertz CT molecular complexity index is 1270. The summed E-state index contributed by atoms with van der Waals surface area (Å²) in [5, 5.41) is 8.80. The summed E-state index contributed by atoms with van der Waals surface area (Å²) in [4.78, 5) is 41.2. The van der Waals surface area contributed by atoms with Gasteiger partial charge in [0.15, 0.2) is 5.82 Å². The summed E-state index contributed by atoms with van der Waals surface area (Å²) in [6.45, 7) is 0. The molecule has 8 nitrogen and oxygen atoms in total. The first-order valence-electron chi connectivity index (χ1n) is 9.60. The monoisotopic (exact) mass is 413 g/mol. The Morgan fingerprint density at radius 1 is 0.935 bits per heavy atom. The fraction of sp³-hybridized carbons (Fsp3) is 0.0870. The van der Waals surface area contributed by atoms with Crippen LogP contribution in [0.2, 0.25) is 0 Å². The van der Waals surface area contributed by atoms with Crippen molar-refractivity contribution >= 4 is 28.4 Å². The SMILES string of the molecule is NC(=O)C(=O)C(Cc1ccc2ccccc2c1)NC(=O)c1ccnn1-c1ccccn1. The molecule has 2 amide bonds. The summed E-state index contributed by atoms with van der Waals surface area (Å²) in [7, 11) is 0. The molecule has 2 aromatic carbocycles. The van der Waals surface area contributed by atoms with Crippen molar-refractivity contribution in [1.29, 1.82) is 0 Å². The first-order chi connectivity index (χ1) is 15.0. The topological polar surface area (TPSA) is 120 Å². The normalized spacial score (nSPS) is 11.7. The van der Waals surface area contributed by atoms with Crippen molar-refractivity contribution in [2.45, 2.75) is 12.5 Å². The minimum absolute atomic E-state index is 0.121. The van der Waals surface area contributed by atoms with Crippen molar-refractivity contribution in [2.24, 2.45) is 5.73 Å². The van der Waals surface area contributed by atoms with Gasteiger partial charge in [0.1, 0.15) is 11.7 Å². The Labute approximate surface area is 177 Å². The number of carbonyl (C=O) groups excluding carboxylic acids is 3. The number of hydrogen-bond donors (Lipinski definition) is 2. The molecule has 4 rings (SSSR count). The van der Waals surface area contributed by atoms with E-state index in [0.29, 0.717) is 5.82 Å². The number of amides is 2. The van der Waals surface area contributed by atoms with Gasteiger partial charge in [-0.05, 0) is 34.5 Å². The Morgan fingerprint density at radius 3 is 2.45 bits per heavy atom. The van der Waals surface area contributed by atoms with Crippen molar-refractivity contribution in [2.75, 3.05) is 0 Å². The van der Waals surface area contributed by atoms with Crippen LogP contribution >= 0.6 is 0 Å². The molecule has 3 N–H and O–H groups in total. The van der Waals surface area contributed by atoms with E-state index in [1.165, 1.54) is 16.9 Å². The highest BCUT2D eigenvalue weighted by Crippen LogP contribution is 2.17. The molecule has 2 aromatic heterocycles. The highest BCUT2D eigenvalue weighted by atomic mass is 16.2. The first kappa shape index (κ1) is 20.0. The van der Waals surface area contributed by atoms with Gasteiger partial charge in [-0.15, -0.1) is 0 Å². The van der Waals surface area contributed by atoms with Crippen LogP contribution < -0.4 is 11.1 Å². The molecule has 4 aromatic rings. The zero-order valence-electron chi connectivity index (χ0n) is 16.4. The number of benzene rings is 2. The molecule has 0 aliphatic heterocycles. The molecule has 0 bridgehead atoms. The number of Topliss-reactive ketones (excluding diaryl/α,β-unsaturated/α-hetero) is 1. The molecular formula is C23H19N5O3. The number of fused-ring (bicyclic) bond motifs is 1. The number of nitrogens with one attached hydrogen (secondary N) is 1. The maximum atomic E-state index is 12.9. The summed E-state index contributed by atoms with van der Waals surface area (Å²) in [6, 6.07) is 19.1. The van der Waals surface area contributed by atoms with Crippen LogP contribution in [0.25, 0.3) is 16.6 Å². The van der Waals surface area contributed by atoms with Gasteiger partial charge in [-0.3, -0.25) is 14.4 Å². The second kappa shape index (κ2) is 8.58. The number of carbonyl (C=O) groups is 3. The second-order valence-corrected chi connectivity index (χ2v) is 6.96. The summed E-state index contributed by atoms with van der Waals surface area (Å²) < 4.78 is 1.36. The molecule has 8 heteroatoms. The number of primary amides is 1. The van der Waals surface area contributed by atoms with Gasteiger partial charge >= 0.3 is 0 Å². The molecule has 1 atom stereocenters. The van der Waals surface area contributed by atoms with Crippen molar-refractivity contribution in [3.05, 3.63) is 90.4 Å². The van der Waals surface area contributed by atoms with E-state index in [1.807, 2.05) is 42.5 Å². The lowest BCUT2D eigenvalue weighted by Crippen LogP contribution is -2.47. The molecular weight excluding hydrogens is 394 g/mol. The number of nitrogens with two attached hydrogens (primary N) is 1. The van der Waals surface area contributed by atoms with Gasteiger partial charge < -0.3 is 11.1 Å². The summed E-state index contributed by atoms with van der Waals surface area (Å²) in [6.07, 6.45) is 3.16. The van der Waals surface area contributed by atoms with Gasteiger partial charge in [0, 0.05) is 12.6 Å². The maximum Gasteiger partial charge on any atom is 0.287 e. The quantitative estimate of drug-likeness (QED) is 0.448. The molecule has 0 fully saturated rings. The molecule has 0 saturated heterocycles. The lowest BCUT2D eigenvalue weighted by atomic mass is 9.99. The number of ketones is 1. The van der Waals surface area contributed by atoms with Gasteiger partial charge in [-0.25, -0.2) is 9.67 Å². The van der Waals surface area contributed by atoms with Gasteiger partial charge in [0.2, 0.25) is 5.78 Å². The zero-order chi connectivity index (χ0) is 21.8. The average molecular weight is 413 g/mol. The van der Waals surface area contributed by atoms with Crippen LogP contribution in [0.1, 0.15) is 16.1 Å². The van der Waals surface area contributed by atoms with Crippen LogP contribution in [-0.4, -0.2) is 38.4 Å². The summed E-state index contributed by atoms with van der Waals surface area (Å²) in [5.74, 6) is -2.09. The summed E-state index contributed by atoms with van der Waals surface area (Å²) in [5.41, 5.74) is 6.20. The number of hydrogen-bond acceptors (Lipinski definition) is 5. The molecule has 0 aliphatic carbocycles. The Balaban J connectivity index is 1.60. The number of aromatic nitrogens is 3. The fourth-order valence-corrected chi connectivity index (χ4v) is 3.35. The maximum absolute atomic E-state index is 12.9. The third-order valence-electron chi connectivity index (χ3n) is 4.86. The van der Waals surface area contributed by atoms with Crippen molar-refractivity contribution < 1.29 is 14.4 Å². The van der Waals surface area contributed by atoms with Gasteiger partial charge in [0.05, 0.1) is 6.20 Å².